The van der Waals surface area contributed by atoms with Crippen molar-refractivity contribution >= 4 is 5.97 Å². The van der Waals surface area contributed by atoms with Gasteiger partial charge in [-0.1, -0.05) is 6.92 Å². The molecule has 0 bridgehead atoms. The summed E-state index contributed by atoms with van der Waals surface area (Å²) < 4.78 is 0. The van der Waals surface area contributed by atoms with Gasteiger partial charge >= 0.3 is 5.97 Å². The molecule has 98 valence electrons. The molecule has 0 aromatic rings. The van der Waals surface area contributed by atoms with Crippen LogP contribution in [0.25, 0.3) is 0 Å². The SMILES string of the molecule is CC1CN(CCCN2CCCC2)CC1C(=O)O. The van der Waals surface area contributed by atoms with Crippen molar-refractivity contribution in [2.24, 2.45) is 11.8 Å². The number of carboxylic acid groups (broad SMARTS) is 1. The monoisotopic (exact) mass is 240 g/mol. The molecule has 0 saturated carbocycles. The maximum atomic E-state index is 11.0. The first-order valence-electron chi connectivity index (χ1n) is 6.84. The van der Waals surface area contributed by atoms with Crippen molar-refractivity contribution in [3.05, 3.63) is 0 Å². The van der Waals surface area contributed by atoms with Gasteiger partial charge < -0.3 is 14.9 Å². The van der Waals surface area contributed by atoms with Crippen LogP contribution in [0.2, 0.25) is 0 Å². The van der Waals surface area contributed by atoms with E-state index in [1.807, 2.05) is 0 Å². The fourth-order valence-corrected chi connectivity index (χ4v) is 3.10. The summed E-state index contributed by atoms with van der Waals surface area (Å²) in [5, 5.41) is 9.06. The Morgan fingerprint density at radius 1 is 1.18 bits per heavy atom. The molecular weight excluding hydrogens is 216 g/mol. The molecular formula is C13H24N2O2. The Kier molecular flexibility index (Phi) is 4.40. The summed E-state index contributed by atoms with van der Waals surface area (Å²) in [6.45, 7) is 8.52. The first-order valence-corrected chi connectivity index (χ1v) is 6.84. The van der Waals surface area contributed by atoms with Crippen LogP contribution in [-0.4, -0.2) is 60.1 Å². The Morgan fingerprint density at radius 3 is 2.41 bits per heavy atom. The molecule has 0 radical (unpaired) electrons. The summed E-state index contributed by atoms with van der Waals surface area (Å²) in [7, 11) is 0. The Morgan fingerprint density at radius 2 is 1.82 bits per heavy atom. The number of likely N-dealkylation sites (tertiary alicyclic amines) is 2. The van der Waals surface area contributed by atoms with E-state index in [1.165, 1.54) is 38.9 Å². The van der Waals surface area contributed by atoms with E-state index in [0.717, 1.165) is 19.6 Å². The van der Waals surface area contributed by atoms with E-state index in [2.05, 4.69) is 16.7 Å². The Hall–Kier alpha value is -0.610. The highest BCUT2D eigenvalue weighted by molar-refractivity contribution is 5.71. The Balaban J connectivity index is 1.65. The highest BCUT2D eigenvalue weighted by Crippen LogP contribution is 2.23. The van der Waals surface area contributed by atoms with Crippen LogP contribution in [0.5, 0.6) is 0 Å². The number of aliphatic carboxylic acids is 1. The van der Waals surface area contributed by atoms with Gasteiger partial charge in [-0.2, -0.15) is 0 Å². The van der Waals surface area contributed by atoms with Crippen LogP contribution >= 0.6 is 0 Å². The lowest BCUT2D eigenvalue weighted by atomic mass is 9.99. The van der Waals surface area contributed by atoms with Crippen molar-refractivity contribution < 1.29 is 9.90 Å². The Labute approximate surface area is 104 Å². The second kappa shape index (κ2) is 5.83. The molecule has 0 amide bonds. The largest absolute Gasteiger partial charge is 0.481 e. The summed E-state index contributed by atoms with van der Waals surface area (Å²) in [6.07, 6.45) is 3.88. The van der Waals surface area contributed by atoms with E-state index in [4.69, 9.17) is 5.11 Å². The third-order valence-electron chi connectivity index (χ3n) is 4.15. The van der Waals surface area contributed by atoms with Crippen molar-refractivity contribution in [3.63, 3.8) is 0 Å². The van der Waals surface area contributed by atoms with E-state index in [0.29, 0.717) is 5.92 Å². The second-order valence-corrected chi connectivity index (χ2v) is 5.58. The number of nitrogens with zero attached hydrogens (tertiary/aromatic N) is 2. The van der Waals surface area contributed by atoms with Crippen LogP contribution < -0.4 is 0 Å². The molecule has 2 atom stereocenters. The fraction of sp³-hybridized carbons (Fsp3) is 0.923. The van der Waals surface area contributed by atoms with Gasteiger partial charge in [0.1, 0.15) is 0 Å². The minimum Gasteiger partial charge on any atom is -0.481 e. The lowest BCUT2D eigenvalue weighted by molar-refractivity contribution is -0.142. The maximum Gasteiger partial charge on any atom is 0.308 e. The van der Waals surface area contributed by atoms with Gasteiger partial charge in [-0.15, -0.1) is 0 Å². The van der Waals surface area contributed by atoms with Crippen LogP contribution in [0.3, 0.4) is 0 Å². The number of hydrogen-bond donors (Lipinski definition) is 1. The minimum absolute atomic E-state index is 0.151. The third-order valence-corrected chi connectivity index (χ3v) is 4.15. The predicted molar refractivity (Wildman–Crippen MR) is 67.0 cm³/mol. The van der Waals surface area contributed by atoms with E-state index in [1.54, 1.807) is 0 Å². The van der Waals surface area contributed by atoms with Gasteiger partial charge in [0.05, 0.1) is 5.92 Å². The highest BCUT2D eigenvalue weighted by Gasteiger charge is 2.34. The molecule has 2 aliphatic heterocycles. The molecule has 0 aromatic carbocycles. The lowest BCUT2D eigenvalue weighted by Crippen LogP contribution is -2.28. The van der Waals surface area contributed by atoms with Gasteiger partial charge in [0, 0.05) is 13.1 Å². The zero-order valence-electron chi connectivity index (χ0n) is 10.8. The third kappa shape index (κ3) is 3.42. The first kappa shape index (κ1) is 12.8. The second-order valence-electron chi connectivity index (χ2n) is 5.58. The number of carbonyl (C=O) groups is 1. The van der Waals surface area contributed by atoms with E-state index in [-0.39, 0.29) is 5.92 Å². The summed E-state index contributed by atoms with van der Waals surface area (Å²) in [6, 6.07) is 0. The normalized spacial score (nSPS) is 31.1. The molecule has 0 aromatic heterocycles. The van der Waals surface area contributed by atoms with Crippen LogP contribution in [0.4, 0.5) is 0 Å². The van der Waals surface area contributed by atoms with E-state index in [9.17, 15) is 4.79 Å². The maximum absolute atomic E-state index is 11.0. The molecule has 0 spiro atoms. The molecule has 2 unspecified atom stereocenters. The molecule has 4 nitrogen and oxygen atoms in total. The van der Waals surface area contributed by atoms with Crippen molar-refractivity contribution in [2.45, 2.75) is 26.2 Å². The van der Waals surface area contributed by atoms with Gasteiger partial charge in [0.25, 0.3) is 0 Å². The van der Waals surface area contributed by atoms with Crippen LogP contribution in [-0.2, 0) is 4.79 Å². The minimum atomic E-state index is -0.625. The van der Waals surface area contributed by atoms with Crippen molar-refractivity contribution in [3.8, 4) is 0 Å². The Bertz CT molecular complexity index is 264. The van der Waals surface area contributed by atoms with Crippen molar-refractivity contribution in [1.82, 2.24) is 9.80 Å². The molecule has 2 fully saturated rings. The predicted octanol–water partition coefficient (Wildman–Crippen LogP) is 1.12. The zero-order valence-corrected chi connectivity index (χ0v) is 10.8. The molecule has 4 heteroatoms. The van der Waals surface area contributed by atoms with Gasteiger partial charge in [0.15, 0.2) is 0 Å². The molecule has 2 heterocycles. The quantitative estimate of drug-likeness (QED) is 0.782. The topological polar surface area (TPSA) is 43.8 Å². The molecule has 17 heavy (non-hydrogen) atoms. The lowest BCUT2D eigenvalue weighted by Gasteiger charge is -2.18. The molecule has 0 aliphatic carbocycles. The zero-order chi connectivity index (χ0) is 12.3. The molecule has 2 rings (SSSR count). The van der Waals surface area contributed by atoms with Gasteiger partial charge in [-0.05, 0) is 51.4 Å². The molecule has 2 saturated heterocycles. The first-order chi connectivity index (χ1) is 8.16. The average molecular weight is 240 g/mol. The standard InChI is InChI=1S/C13H24N2O2/c1-11-9-15(10-12(11)13(16)17)8-4-7-14-5-2-3-6-14/h11-12H,2-10H2,1H3,(H,16,17). The van der Waals surface area contributed by atoms with Crippen LogP contribution in [0.15, 0.2) is 0 Å². The van der Waals surface area contributed by atoms with Crippen LogP contribution in [0.1, 0.15) is 26.2 Å². The summed E-state index contributed by atoms with van der Waals surface area (Å²) in [4.78, 5) is 15.8. The number of carboxylic acids is 1. The van der Waals surface area contributed by atoms with Crippen molar-refractivity contribution in [1.29, 1.82) is 0 Å². The smallest absolute Gasteiger partial charge is 0.308 e. The van der Waals surface area contributed by atoms with Gasteiger partial charge in [-0.3, -0.25) is 4.79 Å². The van der Waals surface area contributed by atoms with E-state index >= 15 is 0 Å². The number of hydrogen-bond acceptors (Lipinski definition) is 3. The fourth-order valence-electron chi connectivity index (χ4n) is 3.10. The van der Waals surface area contributed by atoms with Crippen LogP contribution in [0, 0.1) is 11.8 Å². The summed E-state index contributed by atoms with van der Waals surface area (Å²) in [5.74, 6) is -0.472. The number of rotatable bonds is 5. The molecule has 2 aliphatic rings. The highest BCUT2D eigenvalue weighted by atomic mass is 16.4. The van der Waals surface area contributed by atoms with Gasteiger partial charge in [-0.25, -0.2) is 0 Å². The summed E-state index contributed by atoms with van der Waals surface area (Å²) in [5.41, 5.74) is 0. The van der Waals surface area contributed by atoms with Crippen molar-refractivity contribution in [2.75, 3.05) is 39.3 Å². The van der Waals surface area contributed by atoms with Gasteiger partial charge in [0.2, 0.25) is 0 Å². The molecule has 1 N–H and O–H groups in total. The van der Waals surface area contributed by atoms with E-state index < -0.39 is 5.97 Å². The average Bonchev–Trinajstić information content (AvgIpc) is 2.88. The summed E-state index contributed by atoms with van der Waals surface area (Å²) >= 11 is 0.